The first-order chi connectivity index (χ1) is 18.8. The van der Waals surface area contributed by atoms with Crippen molar-refractivity contribution in [2.75, 3.05) is 24.9 Å². The minimum Gasteiger partial charge on any atom is -0.350 e. The van der Waals surface area contributed by atoms with E-state index < -0.39 is 34.2 Å². The highest BCUT2D eigenvalue weighted by atomic mass is 35.5. The third kappa shape index (κ3) is 8.55. The van der Waals surface area contributed by atoms with E-state index in [-0.39, 0.29) is 18.9 Å². The molecule has 1 atom stereocenters. The molecule has 10 heteroatoms. The first-order valence-corrected chi connectivity index (χ1v) is 14.7. The molecule has 2 amide bonds. The Morgan fingerprint density at radius 2 is 1.40 bits per heavy atom. The van der Waals surface area contributed by atoms with Gasteiger partial charge in [-0.05, 0) is 56.2 Å². The number of rotatable bonds is 11. The summed E-state index contributed by atoms with van der Waals surface area (Å²) in [6.45, 7) is 5.20. The van der Waals surface area contributed by atoms with Crippen LogP contribution in [0.15, 0.2) is 84.9 Å². The van der Waals surface area contributed by atoms with E-state index in [1.165, 1.54) is 19.0 Å². The Bertz CT molecular complexity index is 1380. The fourth-order valence-corrected chi connectivity index (χ4v) is 5.29. The Balaban J connectivity index is 2.09. The van der Waals surface area contributed by atoms with E-state index in [4.69, 9.17) is 11.6 Å². The van der Waals surface area contributed by atoms with Gasteiger partial charge in [0.05, 0.1) is 5.69 Å². The average molecular weight is 585 g/mol. The topological polar surface area (TPSA) is 90.0 Å². The number of benzene rings is 3. The lowest BCUT2D eigenvalue weighted by molar-refractivity contribution is -0.140. The summed E-state index contributed by atoms with van der Waals surface area (Å²) in [5.41, 5.74) is 1.41. The molecule has 0 saturated heterocycles. The highest BCUT2D eigenvalue weighted by molar-refractivity contribution is 7.90. The van der Waals surface area contributed by atoms with Crippen molar-refractivity contribution in [1.82, 2.24) is 14.5 Å². The first kappa shape index (κ1) is 31.1. The number of carbonyl (C=O) groups excluding carboxylic acids is 2. The van der Waals surface area contributed by atoms with Crippen molar-refractivity contribution in [2.24, 2.45) is 0 Å². The van der Waals surface area contributed by atoms with Gasteiger partial charge in [-0.1, -0.05) is 72.3 Å². The maximum atomic E-state index is 14.2. The van der Waals surface area contributed by atoms with Gasteiger partial charge in [0, 0.05) is 37.6 Å². The molecule has 0 fully saturated rings. The maximum Gasteiger partial charge on any atom is 0.304 e. The zero-order chi connectivity index (χ0) is 29.5. The van der Waals surface area contributed by atoms with Crippen molar-refractivity contribution in [3.8, 4) is 0 Å². The summed E-state index contributed by atoms with van der Waals surface area (Å²) >= 11 is 6.10. The highest BCUT2D eigenvalue weighted by Gasteiger charge is 2.35. The summed E-state index contributed by atoms with van der Waals surface area (Å²) in [6.07, 6.45) is 0.244. The lowest BCUT2D eigenvalue weighted by Gasteiger charge is -2.35. The zero-order valence-corrected chi connectivity index (χ0v) is 25.1. The molecule has 0 heterocycles. The fraction of sp³-hybridized carbons (Fsp3) is 0.333. The second-order valence-corrected chi connectivity index (χ2v) is 13.2. The number of halogens is 1. The number of anilines is 1. The molecule has 1 N–H and O–H groups in total. The second kappa shape index (κ2) is 13.3. The Morgan fingerprint density at radius 1 is 0.850 bits per heavy atom. The van der Waals surface area contributed by atoms with E-state index >= 15 is 0 Å². The van der Waals surface area contributed by atoms with Gasteiger partial charge in [-0.25, -0.2) is 4.31 Å². The van der Waals surface area contributed by atoms with Crippen LogP contribution in [0.5, 0.6) is 0 Å². The molecular formula is C30H37ClN4O4S. The molecule has 0 aliphatic carbocycles. The summed E-state index contributed by atoms with van der Waals surface area (Å²) in [5, 5.41) is 3.55. The van der Waals surface area contributed by atoms with Gasteiger partial charge in [-0.15, -0.1) is 0 Å². The largest absolute Gasteiger partial charge is 0.350 e. The second-order valence-electron chi connectivity index (χ2n) is 10.7. The molecule has 214 valence electrons. The number of carbonyl (C=O) groups is 2. The summed E-state index contributed by atoms with van der Waals surface area (Å²) in [4.78, 5) is 29.4. The van der Waals surface area contributed by atoms with E-state index in [1.807, 2.05) is 51.1 Å². The predicted molar refractivity (Wildman–Crippen MR) is 160 cm³/mol. The third-order valence-electron chi connectivity index (χ3n) is 6.10. The maximum absolute atomic E-state index is 14.2. The minimum atomic E-state index is -4.03. The number of para-hydroxylation sites is 1. The first-order valence-electron chi connectivity index (χ1n) is 12.9. The van der Waals surface area contributed by atoms with Crippen molar-refractivity contribution >= 4 is 39.3 Å². The molecule has 0 aliphatic rings. The molecule has 3 aromatic rings. The molecule has 8 nitrogen and oxygen atoms in total. The number of hydrogen-bond donors (Lipinski definition) is 1. The van der Waals surface area contributed by atoms with E-state index in [0.29, 0.717) is 10.7 Å². The average Bonchev–Trinajstić information content (AvgIpc) is 2.90. The van der Waals surface area contributed by atoms with Crippen LogP contribution in [0, 0.1) is 0 Å². The van der Waals surface area contributed by atoms with Crippen LogP contribution >= 0.6 is 11.6 Å². The molecule has 3 aromatic carbocycles. The van der Waals surface area contributed by atoms with Gasteiger partial charge < -0.3 is 10.2 Å². The van der Waals surface area contributed by atoms with E-state index in [0.717, 1.165) is 19.7 Å². The van der Waals surface area contributed by atoms with Crippen LogP contribution in [0.3, 0.4) is 0 Å². The van der Waals surface area contributed by atoms with Crippen molar-refractivity contribution in [1.29, 1.82) is 0 Å². The minimum absolute atomic E-state index is 0.0791. The number of nitrogens with zero attached hydrogens (tertiary/aromatic N) is 3. The smallest absolute Gasteiger partial charge is 0.304 e. The number of hydrogen-bond acceptors (Lipinski definition) is 4. The van der Waals surface area contributed by atoms with Gasteiger partial charge in [-0.2, -0.15) is 12.7 Å². The Morgan fingerprint density at radius 3 is 1.93 bits per heavy atom. The van der Waals surface area contributed by atoms with Crippen LogP contribution in [-0.4, -0.2) is 61.7 Å². The molecule has 0 bridgehead atoms. The molecule has 0 aliphatic heterocycles. The third-order valence-corrected chi connectivity index (χ3v) is 8.17. The molecule has 0 aromatic heterocycles. The van der Waals surface area contributed by atoms with Crippen molar-refractivity contribution in [3.05, 3.63) is 101 Å². The van der Waals surface area contributed by atoms with Gasteiger partial charge in [0.25, 0.3) is 0 Å². The molecule has 0 saturated carbocycles. The van der Waals surface area contributed by atoms with Crippen LogP contribution < -0.4 is 9.62 Å². The molecule has 0 unspecified atom stereocenters. The van der Waals surface area contributed by atoms with Crippen LogP contribution in [0.1, 0.15) is 31.9 Å². The van der Waals surface area contributed by atoms with E-state index in [9.17, 15) is 18.0 Å². The molecule has 0 radical (unpaired) electrons. The van der Waals surface area contributed by atoms with Gasteiger partial charge in [0.15, 0.2) is 0 Å². The number of amides is 2. The normalized spacial score (nSPS) is 12.6. The molecule has 40 heavy (non-hydrogen) atoms. The number of nitrogens with one attached hydrogen (secondary N) is 1. The van der Waals surface area contributed by atoms with Gasteiger partial charge in [-0.3, -0.25) is 9.59 Å². The lowest BCUT2D eigenvalue weighted by atomic mass is 10.0. The fourth-order valence-electron chi connectivity index (χ4n) is 4.10. The van der Waals surface area contributed by atoms with Crippen LogP contribution in [0.4, 0.5) is 5.69 Å². The standard InChI is InChI=1S/C30H37ClN4O4S/c1-30(2,3)32-29(37)27(20-23-12-8-6-9-13-23)34(21-24-16-18-25(31)19-17-24)28(36)22-35(40(38,39)33(4)5)26-14-10-7-11-15-26/h6-19,27H,20-22H2,1-5H3,(H,32,37)/t27-/m1/s1. The summed E-state index contributed by atoms with van der Waals surface area (Å²) in [5.74, 6) is -0.852. The van der Waals surface area contributed by atoms with Crippen molar-refractivity contribution in [2.45, 2.75) is 45.3 Å². The van der Waals surface area contributed by atoms with Crippen molar-refractivity contribution in [3.63, 3.8) is 0 Å². The van der Waals surface area contributed by atoms with Crippen LogP contribution in [0.25, 0.3) is 0 Å². The van der Waals surface area contributed by atoms with Crippen molar-refractivity contribution < 1.29 is 18.0 Å². The zero-order valence-electron chi connectivity index (χ0n) is 23.5. The predicted octanol–water partition coefficient (Wildman–Crippen LogP) is 4.51. The van der Waals surface area contributed by atoms with Crippen LogP contribution in [-0.2, 0) is 32.8 Å². The van der Waals surface area contributed by atoms with Gasteiger partial charge in [0.2, 0.25) is 11.8 Å². The summed E-state index contributed by atoms with van der Waals surface area (Å²) < 4.78 is 28.8. The highest BCUT2D eigenvalue weighted by Crippen LogP contribution is 2.22. The van der Waals surface area contributed by atoms with Gasteiger partial charge in [0.1, 0.15) is 12.6 Å². The Hall–Kier alpha value is -3.40. The molecule has 0 spiro atoms. The lowest BCUT2D eigenvalue weighted by Crippen LogP contribution is -2.56. The SMILES string of the molecule is CN(C)S(=O)(=O)N(CC(=O)N(Cc1ccc(Cl)cc1)[C@H](Cc1ccccc1)C(=O)NC(C)(C)C)c1ccccc1. The van der Waals surface area contributed by atoms with E-state index in [2.05, 4.69) is 5.32 Å². The molecular weight excluding hydrogens is 548 g/mol. The monoisotopic (exact) mass is 584 g/mol. The van der Waals surface area contributed by atoms with E-state index in [1.54, 1.807) is 54.6 Å². The quantitative estimate of drug-likeness (QED) is 0.359. The summed E-state index contributed by atoms with van der Waals surface area (Å²) in [6, 6.07) is 24.0. The molecule has 3 rings (SSSR count). The summed E-state index contributed by atoms with van der Waals surface area (Å²) in [7, 11) is -1.21. The van der Waals surface area contributed by atoms with Crippen LogP contribution in [0.2, 0.25) is 5.02 Å². The Labute approximate surface area is 242 Å². The Kier molecular flexibility index (Phi) is 10.4. The van der Waals surface area contributed by atoms with Gasteiger partial charge >= 0.3 is 10.2 Å².